The van der Waals surface area contributed by atoms with E-state index in [1.165, 1.54) is 46.4 Å². The van der Waals surface area contributed by atoms with E-state index in [-0.39, 0.29) is 50.0 Å². The second-order valence-corrected chi connectivity index (χ2v) is 15.4. The number of fused-ring (bicyclic) bond motifs is 2. The molecule has 5 aromatic heterocycles. The first-order chi connectivity index (χ1) is 32.0. The molecule has 0 saturated heterocycles. The lowest BCUT2D eigenvalue weighted by Crippen LogP contribution is -2.27. The molecule has 5 N–H and O–H groups in total. The number of nitrogens with two attached hydrogens (primary N) is 1. The third kappa shape index (κ3) is 11.6. The molecular formula is C44H48F4N14O6. The van der Waals surface area contributed by atoms with Gasteiger partial charge in [0.25, 0.3) is 11.8 Å². The van der Waals surface area contributed by atoms with Gasteiger partial charge in [-0.25, -0.2) is 46.7 Å². The van der Waals surface area contributed by atoms with Crippen LogP contribution in [0.15, 0.2) is 80.2 Å². The molecule has 7 aromatic rings. The topological polar surface area (TPSA) is 238 Å². The quantitative estimate of drug-likeness (QED) is 0.123. The number of aryl methyl sites for hydroxylation is 4. The Bertz CT molecular complexity index is 2930. The van der Waals surface area contributed by atoms with Crippen LogP contribution < -0.4 is 21.7 Å². The Kier molecular flexibility index (Phi) is 15.5. The molecule has 2 atom stereocenters. The molecule has 0 fully saturated rings. The summed E-state index contributed by atoms with van der Waals surface area (Å²) in [5.74, 6) is -3.91. The van der Waals surface area contributed by atoms with E-state index < -0.39 is 41.4 Å². The third-order valence-electron chi connectivity index (χ3n) is 10.5. The van der Waals surface area contributed by atoms with E-state index in [0.29, 0.717) is 35.9 Å². The molecule has 9 rings (SSSR count). The highest BCUT2D eigenvalue weighted by Crippen LogP contribution is 2.36. The normalized spacial score (nSPS) is 14.2. The second-order valence-electron chi connectivity index (χ2n) is 15.4. The summed E-state index contributed by atoms with van der Waals surface area (Å²) < 4.78 is 70.4. The van der Waals surface area contributed by atoms with Gasteiger partial charge in [-0.05, 0) is 72.2 Å². The fourth-order valence-corrected chi connectivity index (χ4v) is 7.50. The summed E-state index contributed by atoms with van der Waals surface area (Å²) in [6.45, 7) is 0.000773. The van der Waals surface area contributed by atoms with Crippen molar-refractivity contribution in [1.82, 2.24) is 53.5 Å². The van der Waals surface area contributed by atoms with Crippen LogP contribution in [0.4, 0.5) is 38.5 Å². The van der Waals surface area contributed by atoms with Crippen LogP contribution in [0.3, 0.4) is 0 Å². The maximum Gasteiger partial charge on any atom is 0.419 e. The Morgan fingerprint density at radius 1 is 0.706 bits per heavy atom. The number of nitrogens with one attached hydrogen (secondary N) is 3. The molecule has 0 saturated carbocycles. The van der Waals surface area contributed by atoms with E-state index in [1.807, 2.05) is 6.20 Å². The van der Waals surface area contributed by atoms with E-state index in [4.69, 9.17) is 15.2 Å². The van der Waals surface area contributed by atoms with E-state index in [1.54, 1.807) is 54.5 Å². The smallest absolute Gasteiger partial charge is 0.419 e. The van der Waals surface area contributed by atoms with Crippen molar-refractivity contribution in [2.75, 3.05) is 10.6 Å². The van der Waals surface area contributed by atoms with Crippen LogP contribution in [0.25, 0.3) is 0 Å². The van der Waals surface area contributed by atoms with Crippen molar-refractivity contribution in [1.29, 1.82) is 0 Å². The van der Waals surface area contributed by atoms with Gasteiger partial charge in [-0.15, -0.1) is 0 Å². The Morgan fingerprint density at radius 3 is 1.72 bits per heavy atom. The molecule has 20 nitrogen and oxygen atoms in total. The van der Waals surface area contributed by atoms with Crippen molar-refractivity contribution < 1.29 is 46.2 Å². The van der Waals surface area contributed by atoms with Crippen molar-refractivity contribution in [3.05, 3.63) is 149 Å². The number of imidazole rings is 1. The highest BCUT2D eigenvalue weighted by atomic mass is 19.2. The van der Waals surface area contributed by atoms with Crippen LogP contribution in [0.5, 0.6) is 0 Å². The first-order valence-corrected chi connectivity index (χ1v) is 20.5. The molecule has 3 amide bonds. The number of amides is 3. The number of nitrogens with zero attached hydrogens (tertiary/aromatic N) is 10. The summed E-state index contributed by atoms with van der Waals surface area (Å²) in [6, 6.07) is 6.07. The van der Waals surface area contributed by atoms with Crippen LogP contribution in [0.2, 0.25) is 0 Å². The fraction of sp³-hybridized carbons (Fsp3) is 0.295. The third-order valence-corrected chi connectivity index (χ3v) is 10.5. The minimum Gasteiger partial charge on any atom is -0.441 e. The summed E-state index contributed by atoms with van der Waals surface area (Å²) in [4.78, 5) is 60.3. The number of alkyl carbamates (subject to hydrolysis) is 1. The van der Waals surface area contributed by atoms with Crippen LogP contribution in [-0.4, -0.2) is 72.2 Å². The monoisotopic (exact) mass is 944 g/mol. The van der Waals surface area contributed by atoms with E-state index >= 15 is 0 Å². The molecule has 0 bridgehead atoms. The Labute approximate surface area is 386 Å². The molecule has 0 aliphatic heterocycles. The lowest BCUT2D eigenvalue weighted by Gasteiger charge is -2.12. The molecule has 358 valence electrons. The van der Waals surface area contributed by atoms with E-state index in [2.05, 4.69) is 41.1 Å². The Hall–Kier alpha value is -8.15. The number of rotatable bonds is 9. The first kappa shape index (κ1) is 49.3. The molecular weight excluding hydrogens is 897 g/mol. The van der Waals surface area contributed by atoms with Crippen molar-refractivity contribution >= 4 is 35.4 Å². The molecule has 2 aromatic carbocycles. The fourth-order valence-electron chi connectivity index (χ4n) is 7.50. The van der Waals surface area contributed by atoms with Gasteiger partial charge in [-0.3, -0.25) is 19.0 Å². The number of benzene rings is 2. The summed E-state index contributed by atoms with van der Waals surface area (Å²) in [5, 5.41) is 16.0. The SMILES string of the molecule is C.Cn1cc2c(c1C(=O)Nc1ccc(F)c(F)c1)CCC2N.Cn1cnc(COC(=O)NC2CCc3c2cn(C)c3C(=O)Nc2ccc(F)c(F)c2)n1.Cn1cnc(COC(=O)n2ccnc2)n1. The number of hydrogen-bond acceptors (Lipinski definition) is 12. The lowest BCUT2D eigenvalue weighted by molar-refractivity contribution is 0.101. The molecule has 2 unspecified atom stereocenters. The highest BCUT2D eigenvalue weighted by Gasteiger charge is 2.32. The van der Waals surface area contributed by atoms with Crippen LogP contribution in [0, 0.1) is 23.3 Å². The zero-order valence-corrected chi connectivity index (χ0v) is 36.4. The maximum absolute atomic E-state index is 13.4. The van der Waals surface area contributed by atoms with Crippen molar-refractivity contribution in [2.24, 2.45) is 33.9 Å². The molecule has 68 heavy (non-hydrogen) atoms. The molecule has 5 heterocycles. The van der Waals surface area contributed by atoms with Gasteiger partial charge < -0.3 is 40.3 Å². The summed E-state index contributed by atoms with van der Waals surface area (Å²) >= 11 is 0. The van der Waals surface area contributed by atoms with Gasteiger partial charge in [0, 0.05) is 82.5 Å². The van der Waals surface area contributed by atoms with Gasteiger partial charge in [-0.1, -0.05) is 7.43 Å². The lowest BCUT2D eigenvalue weighted by atomic mass is 10.1. The highest BCUT2D eigenvalue weighted by molar-refractivity contribution is 6.05. The van der Waals surface area contributed by atoms with Crippen LogP contribution in [0.1, 0.15) is 87.2 Å². The first-order valence-electron chi connectivity index (χ1n) is 20.5. The minimum absolute atomic E-state index is 0. The van der Waals surface area contributed by atoms with E-state index in [0.717, 1.165) is 59.4 Å². The Balaban J connectivity index is 0.000000178. The maximum atomic E-state index is 13.4. The van der Waals surface area contributed by atoms with E-state index in [9.17, 15) is 36.7 Å². The zero-order valence-electron chi connectivity index (χ0n) is 36.4. The molecule has 24 heteroatoms. The van der Waals surface area contributed by atoms with Crippen molar-refractivity contribution in [2.45, 2.75) is 58.4 Å². The summed E-state index contributed by atoms with van der Waals surface area (Å²) in [5.41, 5.74) is 10.8. The number of ether oxygens (including phenoxy) is 2. The predicted molar refractivity (Wildman–Crippen MR) is 236 cm³/mol. The average molecular weight is 945 g/mol. The van der Waals surface area contributed by atoms with Gasteiger partial charge in [0.05, 0.1) is 6.04 Å². The van der Waals surface area contributed by atoms with Crippen LogP contribution in [-0.2, 0) is 63.7 Å². The van der Waals surface area contributed by atoms with Gasteiger partial charge >= 0.3 is 12.2 Å². The molecule has 2 aliphatic rings. The van der Waals surface area contributed by atoms with Crippen LogP contribution >= 0.6 is 0 Å². The summed E-state index contributed by atoms with van der Waals surface area (Å²) in [7, 11) is 6.94. The van der Waals surface area contributed by atoms with Crippen molar-refractivity contribution in [3.8, 4) is 0 Å². The number of anilines is 2. The van der Waals surface area contributed by atoms with Gasteiger partial charge in [0.15, 0.2) is 48.1 Å². The van der Waals surface area contributed by atoms with Gasteiger partial charge in [0.2, 0.25) is 0 Å². The zero-order chi connectivity index (χ0) is 47.9. The summed E-state index contributed by atoms with van der Waals surface area (Å²) in [6.07, 6.45) is 12.7. The molecule has 0 spiro atoms. The minimum atomic E-state index is -1.04. The van der Waals surface area contributed by atoms with Gasteiger partial charge in [0.1, 0.15) is 30.4 Å². The van der Waals surface area contributed by atoms with Crippen molar-refractivity contribution in [3.63, 3.8) is 0 Å². The predicted octanol–water partition coefficient (Wildman–Crippen LogP) is 5.93. The molecule has 2 aliphatic carbocycles. The largest absolute Gasteiger partial charge is 0.441 e. The average Bonchev–Trinajstić information content (AvgIpc) is 4.17. The number of aromatic nitrogens is 10. The second kappa shape index (κ2) is 21.4. The molecule has 0 radical (unpaired) electrons. The van der Waals surface area contributed by atoms with Gasteiger partial charge in [-0.2, -0.15) is 10.2 Å². The number of carbonyl (C=O) groups is 4. The standard InChI is InChI=1S/C20H20F2N6O3.C15H15F2N3O.C8H9N5O2.CH4/c1-27-8-13-12(18(27)19(29)24-11-3-5-14(21)15(22)7-11)4-6-16(13)25-20(30)31-9-17-23-10-28(2)26-17;1-20-7-10-9(3-5-13(10)18)14(20)15(21)19-8-2-4-11(16)12(17)6-8;1-12-6-10-7(11-12)4-15-8(14)13-3-2-9-5-13;/h3,5,7-8,10,16H,4,6,9H2,1-2H3,(H,24,29)(H,25,30);2,4,6-7,13H,3,5,18H2,1H3,(H,19,21);2-3,5-6H,4H2,1H3;1H4. The number of halogens is 4. The Morgan fingerprint density at radius 2 is 1.22 bits per heavy atom. The number of carbonyl (C=O) groups excluding carboxylic acids is 4. The number of hydrogen-bond donors (Lipinski definition) is 4.